The number of hydrogen-bond acceptors (Lipinski definition) is 2. The molecule has 0 atom stereocenters. The zero-order valence-corrected chi connectivity index (χ0v) is 10.2. The number of para-hydroxylation sites is 1. The molecule has 4 nitrogen and oxygen atoms in total. The maximum atomic E-state index is 12.1. The highest BCUT2D eigenvalue weighted by Gasteiger charge is 2.27. The molecule has 0 radical (unpaired) electrons. The van der Waals surface area contributed by atoms with Crippen LogP contribution in [0.4, 0.5) is 0 Å². The van der Waals surface area contributed by atoms with Crippen LogP contribution in [-0.2, 0) is 11.5 Å². The van der Waals surface area contributed by atoms with Crippen molar-refractivity contribution in [3.05, 3.63) is 42.1 Å². The van der Waals surface area contributed by atoms with Gasteiger partial charge in [0.25, 0.3) is 5.91 Å². The Bertz CT molecular complexity index is 655. The molecule has 0 bridgehead atoms. The second-order valence-electron chi connectivity index (χ2n) is 4.37. The number of hydrogen-bond donors (Lipinski definition) is 1. The van der Waals surface area contributed by atoms with Crippen molar-refractivity contribution in [1.82, 2.24) is 9.88 Å². The number of rotatable bonds is 2. The van der Waals surface area contributed by atoms with Crippen molar-refractivity contribution in [1.29, 1.82) is 0 Å². The van der Waals surface area contributed by atoms with Crippen LogP contribution in [0.3, 0.4) is 0 Å². The molecule has 2 heterocycles. The fourth-order valence-corrected chi connectivity index (χ4v) is 2.52. The van der Waals surface area contributed by atoms with E-state index in [0.29, 0.717) is 18.8 Å². The summed E-state index contributed by atoms with van der Waals surface area (Å²) in [6, 6.07) is 7.84. The van der Waals surface area contributed by atoms with Crippen LogP contribution in [-0.4, -0.2) is 24.1 Å². The Morgan fingerprint density at radius 2 is 2.22 bits per heavy atom. The Morgan fingerprint density at radius 3 is 3.00 bits per heavy atom. The van der Waals surface area contributed by atoms with Crippen molar-refractivity contribution in [2.75, 3.05) is 13.7 Å². The quantitative estimate of drug-likeness (QED) is 0.875. The van der Waals surface area contributed by atoms with Gasteiger partial charge in [0.1, 0.15) is 6.73 Å². The molecule has 1 amide bonds. The molecule has 1 aliphatic rings. The van der Waals surface area contributed by atoms with Gasteiger partial charge in [-0.05, 0) is 11.6 Å². The Kier molecular flexibility index (Phi) is 2.45. The van der Waals surface area contributed by atoms with E-state index in [0.717, 1.165) is 22.2 Å². The van der Waals surface area contributed by atoms with E-state index >= 15 is 0 Å². The van der Waals surface area contributed by atoms with Crippen molar-refractivity contribution in [2.24, 2.45) is 0 Å². The molecule has 2 aromatic rings. The molecule has 3 rings (SSSR count). The topological polar surface area (TPSA) is 43.3 Å². The highest BCUT2D eigenvalue weighted by Crippen LogP contribution is 2.32. The molecule has 0 saturated heterocycles. The van der Waals surface area contributed by atoms with E-state index in [2.05, 4.69) is 11.9 Å². The molecule has 1 N–H and O–H groups in total. The first kappa shape index (κ1) is 11.0. The first-order valence-corrected chi connectivity index (χ1v) is 5.80. The van der Waals surface area contributed by atoms with E-state index in [1.807, 2.05) is 28.8 Å². The van der Waals surface area contributed by atoms with Crippen LogP contribution in [0, 0.1) is 0 Å². The Balaban J connectivity index is 2.41. The molecule has 0 spiro atoms. The van der Waals surface area contributed by atoms with Crippen molar-refractivity contribution in [3.8, 4) is 0 Å². The molecule has 4 heteroatoms. The molecular weight excluding hydrogens is 228 g/mol. The van der Waals surface area contributed by atoms with Crippen LogP contribution < -0.4 is 5.32 Å². The number of nitrogens with zero attached hydrogens (tertiary/aromatic N) is 1. The summed E-state index contributed by atoms with van der Waals surface area (Å²) in [6.45, 7) is 4.95. The predicted octanol–water partition coefficient (Wildman–Crippen LogP) is 2.00. The molecular formula is C14H14N2O2. The highest BCUT2D eigenvalue weighted by molar-refractivity contribution is 6.13. The first-order chi connectivity index (χ1) is 8.74. The minimum absolute atomic E-state index is 0.0385. The Labute approximate surface area is 105 Å². The molecule has 18 heavy (non-hydrogen) atoms. The van der Waals surface area contributed by atoms with Crippen LogP contribution in [0.2, 0.25) is 0 Å². The maximum Gasteiger partial charge on any atom is 0.254 e. The Morgan fingerprint density at radius 1 is 1.44 bits per heavy atom. The third-order valence-electron chi connectivity index (χ3n) is 3.25. The number of methoxy groups -OCH3 is 1. The molecule has 0 fully saturated rings. The lowest BCUT2D eigenvalue weighted by molar-refractivity contribution is 0.0953. The molecule has 0 saturated carbocycles. The summed E-state index contributed by atoms with van der Waals surface area (Å²) >= 11 is 0. The number of aromatic nitrogens is 1. The number of carbonyl (C=O) groups excluding carboxylic acids is 1. The third kappa shape index (κ3) is 1.39. The van der Waals surface area contributed by atoms with Gasteiger partial charge in [-0.15, -0.1) is 0 Å². The maximum absolute atomic E-state index is 12.1. The molecule has 1 aromatic carbocycles. The number of carbonyl (C=O) groups is 1. The van der Waals surface area contributed by atoms with Crippen LogP contribution in [0.25, 0.3) is 16.5 Å². The van der Waals surface area contributed by atoms with Gasteiger partial charge in [0.05, 0.1) is 16.8 Å². The molecule has 0 aliphatic carbocycles. The van der Waals surface area contributed by atoms with Gasteiger partial charge < -0.3 is 14.6 Å². The number of nitrogens with one attached hydrogen (secondary N) is 1. The van der Waals surface area contributed by atoms with Gasteiger partial charge >= 0.3 is 0 Å². The van der Waals surface area contributed by atoms with Crippen LogP contribution in [0.15, 0.2) is 30.8 Å². The van der Waals surface area contributed by atoms with E-state index in [1.165, 1.54) is 0 Å². The average molecular weight is 242 g/mol. The predicted molar refractivity (Wildman–Crippen MR) is 70.3 cm³/mol. The zero-order chi connectivity index (χ0) is 12.7. The number of fused-ring (bicyclic) bond motifs is 3. The molecule has 1 aliphatic heterocycles. The average Bonchev–Trinajstić information content (AvgIpc) is 2.71. The van der Waals surface area contributed by atoms with Crippen molar-refractivity contribution >= 4 is 22.4 Å². The van der Waals surface area contributed by atoms with Crippen LogP contribution in [0.1, 0.15) is 16.1 Å². The third-order valence-corrected chi connectivity index (χ3v) is 3.25. The lowest BCUT2D eigenvalue weighted by Crippen LogP contribution is -2.31. The minimum atomic E-state index is -0.0385. The summed E-state index contributed by atoms with van der Waals surface area (Å²) in [5.74, 6) is -0.0385. The van der Waals surface area contributed by atoms with Crippen molar-refractivity contribution in [3.63, 3.8) is 0 Å². The van der Waals surface area contributed by atoms with E-state index in [4.69, 9.17) is 4.74 Å². The van der Waals surface area contributed by atoms with Gasteiger partial charge in [-0.2, -0.15) is 0 Å². The second-order valence-corrected chi connectivity index (χ2v) is 4.37. The fraction of sp³-hybridized carbons (Fsp3) is 0.214. The minimum Gasteiger partial charge on any atom is -0.364 e. The SMILES string of the molecule is C=C1CNC(=O)c2c1n(COC)c1ccccc21. The fourth-order valence-electron chi connectivity index (χ4n) is 2.52. The summed E-state index contributed by atoms with van der Waals surface area (Å²) in [5.41, 5.74) is 3.51. The summed E-state index contributed by atoms with van der Waals surface area (Å²) < 4.78 is 7.24. The van der Waals surface area contributed by atoms with Gasteiger partial charge in [0.2, 0.25) is 0 Å². The van der Waals surface area contributed by atoms with E-state index in [9.17, 15) is 4.79 Å². The number of benzene rings is 1. The standard InChI is InChI=1S/C14H14N2O2/c1-9-7-15-14(17)12-10-5-3-4-6-11(10)16(8-18-2)13(9)12/h3-6H,1,7-8H2,2H3,(H,15,17). The van der Waals surface area contributed by atoms with E-state index in [-0.39, 0.29) is 5.91 Å². The highest BCUT2D eigenvalue weighted by atomic mass is 16.5. The summed E-state index contributed by atoms with van der Waals surface area (Å²) in [5, 5.41) is 3.79. The zero-order valence-electron chi connectivity index (χ0n) is 10.2. The van der Waals surface area contributed by atoms with Crippen LogP contribution in [0.5, 0.6) is 0 Å². The van der Waals surface area contributed by atoms with Gasteiger partial charge in [0, 0.05) is 19.0 Å². The van der Waals surface area contributed by atoms with Crippen molar-refractivity contribution in [2.45, 2.75) is 6.73 Å². The monoisotopic (exact) mass is 242 g/mol. The number of ether oxygens (including phenoxy) is 1. The second kappa shape index (κ2) is 3.99. The van der Waals surface area contributed by atoms with Gasteiger partial charge in [0.15, 0.2) is 0 Å². The van der Waals surface area contributed by atoms with Gasteiger partial charge in [-0.3, -0.25) is 4.79 Å². The van der Waals surface area contributed by atoms with Crippen molar-refractivity contribution < 1.29 is 9.53 Å². The van der Waals surface area contributed by atoms with Gasteiger partial charge in [-0.25, -0.2) is 0 Å². The van der Waals surface area contributed by atoms with Gasteiger partial charge in [-0.1, -0.05) is 24.8 Å². The molecule has 92 valence electrons. The molecule has 1 aromatic heterocycles. The Hall–Kier alpha value is -2.07. The normalized spacial score (nSPS) is 14.7. The summed E-state index contributed by atoms with van der Waals surface area (Å²) in [6.07, 6.45) is 0. The first-order valence-electron chi connectivity index (χ1n) is 5.80. The smallest absolute Gasteiger partial charge is 0.254 e. The number of amides is 1. The largest absolute Gasteiger partial charge is 0.364 e. The van der Waals surface area contributed by atoms with Crippen LogP contribution >= 0.6 is 0 Å². The molecule has 0 unspecified atom stereocenters. The van der Waals surface area contributed by atoms with E-state index in [1.54, 1.807) is 7.11 Å². The summed E-state index contributed by atoms with van der Waals surface area (Å²) in [4.78, 5) is 12.1. The lowest BCUT2D eigenvalue weighted by atomic mass is 10.0. The summed E-state index contributed by atoms with van der Waals surface area (Å²) in [7, 11) is 1.65. The van der Waals surface area contributed by atoms with E-state index < -0.39 is 0 Å². The lowest BCUT2D eigenvalue weighted by Gasteiger charge is -2.18.